The van der Waals surface area contributed by atoms with E-state index in [1.807, 2.05) is 18.2 Å². The highest BCUT2D eigenvalue weighted by atomic mass is 16.2. The summed E-state index contributed by atoms with van der Waals surface area (Å²) in [5.41, 5.74) is 7.61. The molecule has 1 unspecified atom stereocenters. The Hall–Kier alpha value is -1.35. The maximum atomic E-state index is 12.0. The molecule has 0 spiro atoms. The molecule has 1 atom stereocenters. The highest BCUT2D eigenvalue weighted by Gasteiger charge is 2.41. The summed E-state index contributed by atoms with van der Waals surface area (Å²) in [4.78, 5) is 12.0. The van der Waals surface area contributed by atoms with Gasteiger partial charge in [0.2, 0.25) is 5.91 Å². The van der Waals surface area contributed by atoms with Gasteiger partial charge in [0, 0.05) is 6.54 Å². The lowest BCUT2D eigenvalue weighted by Gasteiger charge is -2.17. The van der Waals surface area contributed by atoms with Gasteiger partial charge in [-0.25, -0.2) is 0 Å². The van der Waals surface area contributed by atoms with Crippen molar-refractivity contribution in [2.45, 2.75) is 51.5 Å². The van der Waals surface area contributed by atoms with E-state index in [4.69, 9.17) is 5.73 Å². The van der Waals surface area contributed by atoms with Crippen molar-refractivity contribution in [3.05, 3.63) is 35.9 Å². The second-order valence-corrected chi connectivity index (χ2v) is 6.10. The molecule has 1 fully saturated rings. The summed E-state index contributed by atoms with van der Waals surface area (Å²) in [5.74, 6) is 0.00306. The molecule has 2 rings (SSSR count). The average Bonchev–Trinajstić information content (AvgIpc) is 3.24. The largest absolute Gasteiger partial charge is 0.354 e. The number of rotatable bonds is 8. The van der Waals surface area contributed by atoms with Gasteiger partial charge in [-0.2, -0.15) is 0 Å². The molecule has 1 amide bonds. The number of benzene rings is 1. The molecule has 110 valence electrons. The number of nitrogens with two attached hydrogens (primary N) is 1. The molecule has 0 aliphatic heterocycles. The maximum absolute atomic E-state index is 12.0. The zero-order valence-electron chi connectivity index (χ0n) is 12.4. The predicted molar refractivity (Wildman–Crippen MR) is 82.3 cm³/mol. The lowest BCUT2D eigenvalue weighted by atomic mass is 10.0. The minimum Gasteiger partial charge on any atom is -0.354 e. The monoisotopic (exact) mass is 274 g/mol. The minimum atomic E-state index is -0.396. The van der Waals surface area contributed by atoms with Crippen LogP contribution in [0.4, 0.5) is 0 Å². The highest BCUT2D eigenvalue weighted by molar-refractivity contribution is 5.81. The third kappa shape index (κ3) is 4.34. The van der Waals surface area contributed by atoms with Crippen LogP contribution in [0.25, 0.3) is 0 Å². The summed E-state index contributed by atoms with van der Waals surface area (Å²) in [6.45, 7) is 3.01. The lowest BCUT2D eigenvalue weighted by Crippen LogP contribution is -2.43. The van der Waals surface area contributed by atoms with Gasteiger partial charge in [0.25, 0.3) is 0 Å². The van der Waals surface area contributed by atoms with Crippen molar-refractivity contribution in [3.8, 4) is 0 Å². The molecule has 1 aliphatic rings. The highest BCUT2D eigenvalue weighted by Crippen LogP contribution is 2.48. The van der Waals surface area contributed by atoms with E-state index in [2.05, 4.69) is 24.4 Å². The van der Waals surface area contributed by atoms with E-state index in [9.17, 15) is 4.79 Å². The lowest BCUT2D eigenvalue weighted by molar-refractivity contribution is -0.122. The van der Waals surface area contributed by atoms with Crippen molar-refractivity contribution in [2.24, 2.45) is 11.1 Å². The summed E-state index contributed by atoms with van der Waals surface area (Å²) in [6, 6.07) is 9.78. The number of amides is 1. The molecule has 1 aromatic carbocycles. The molecular weight excluding hydrogens is 248 g/mol. The van der Waals surface area contributed by atoms with Gasteiger partial charge in [-0.3, -0.25) is 4.79 Å². The molecule has 1 aromatic rings. The Morgan fingerprint density at radius 3 is 2.65 bits per heavy atom. The number of carbonyl (C=O) groups is 1. The Morgan fingerprint density at radius 1 is 1.35 bits per heavy atom. The van der Waals surface area contributed by atoms with Crippen molar-refractivity contribution in [3.63, 3.8) is 0 Å². The van der Waals surface area contributed by atoms with E-state index in [0.29, 0.717) is 11.8 Å². The topological polar surface area (TPSA) is 55.1 Å². The second kappa shape index (κ2) is 6.89. The van der Waals surface area contributed by atoms with Crippen LogP contribution < -0.4 is 11.1 Å². The van der Waals surface area contributed by atoms with Crippen molar-refractivity contribution in [2.75, 3.05) is 6.54 Å². The number of nitrogens with one attached hydrogen (secondary N) is 1. The van der Waals surface area contributed by atoms with Crippen LogP contribution in [0.3, 0.4) is 0 Å². The normalized spacial score (nSPS) is 17.5. The van der Waals surface area contributed by atoms with Crippen LogP contribution in [0.1, 0.15) is 44.6 Å². The van der Waals surface area contributed by atoms with Gasteiger partial charge in [-0.1, -0.05) is 43.7 Å². The third-order valence-electron chi connectivity index (χ3n) is 4.30. The van der Waals surface area contributed by atoms with E-state index in [0.717, 1.165) is 13.0 Å². The summed E-state index contributed by atoms with van der Waals surface area (Å²) in [7, 11) is 0. The van der Waals surface area contributed by atoms with Crippen molar-refractivity contribution >= 4 is 5.91 Å². The zero-order valence-corrected chi connectivity index (χ0v) is 12.4. The fourth-order valence-corrected chi connectivity index (χ4v) is 2.73. The zero-order chi connectivity index (χ0) is 14.4. The molecule has 1 aliphatic carbocycles. The molecule has 3 N–H and O–H groups in total. The Labute approximate surface area is 121 Å². The van der Waals surface area contributed by atoms with Crippen molar-refractivity contribution in [1.29, 1.82) is 0 Å². The van der Waals surface area contributed by atoms with Gasteiger partial charge in [0.05, 0.1) is 6.04 Å². The van der Waals surface area contributed by atoms with Crippen LogP contribution in [-0.4, -0.2) is 18.5 Å². The van der Waals surface area contributed by atoms with Crippen molar-refractivity contribution in [1.82, 2.24) is 5.32 Å². The molecule has 20 heavy (non-hydrogen) atoms. The fourth-order valence-electron chi connectivity index (χ4n) is 2.73. The SMILES string of the molecule is CCCC1(CNC(=O)C(N)CCc2ccccc2)CC1. The van der Waals surface area contributed by atoms with E-state index >= 15 is 0 Å². The van der Waals surface area contributed by atoms with Crippen LogP contribution >= 0.6 is 0 Å². The first kappa shape index (κ1) is 15.0. The van der Waals surface area contributed by atoms with Crippen LogP contribution in [0.15, 0.2) is 30.3 Å². The quantitative estimate of drug-likeness (QED) is 0.765. The standard InChI is InChI=1S/C17H26N2O/c1-2-10-17(11-12-17)13-19-16(20)15(18)9-8-14-6-4-3-5-7-14/h3-7,15H,2,8-13,18H2,1H3,(H,19,20). The van der Waals surface area contributed by atoms with E-state index < -0.39 is 6.04 Å². The first-order valence-corrected chi connectivity index (χ1v) is 7.72. The Kier molecular flexibility index (Phi) is 5.18. The maximum Gasteiger partial charge on any atom is 0.236 e. The Morgan fingerprint density at radius 2 is 2.05 bits per heavy atom. The number of carbonyl (C=O) groups excluding carboxylic acids is 1. The summed E-state index contributed by atoms with van der Waals surface area (Å²) < 4.78 is 0. The molecular formula is C17H26N2O. The molecule has 0 bridgehead atoms. The molecule has 1 saturated carbocycles. The van der Waals surface area contributed by atoms with Gasteiger partial charge in [-0.15, -0.1) is 0 Å². The van der Waals surface area contributed by atoms with Crippen LogP contribution in [0.2, 0.25) is 0 Å². The number of aryl methyl sites for hydroxylation is 1. The molecule has 0 heterocycles. The van der Waals surface area contributed by atoms with Crippen LogP contribution in [0, 0.1) is 5.41 Å². The van der Waals surface area contributed by atoms with Gasteiger partial charge in [0.1, 0.15) is 0 Å². The molecule has 0 aromatic heterocycles. The van der Waals surface area contributed by atoms with Gasteiger partial charge >= 0.3 is 0 Å². The van der Waals surface area contributed by atoms with Gasteiger partial charge in [-0.05, 0) is 43.1 Å². The Bertz CT molecular complexity index is 426. The van der Waals surface area contributed by atoms with Gasteiger partial charge in [0.15, 0.2) is 0 Å². The summed E-state index contributed by atoms with van der Waals surface area (Å²) in [6.07, 6.45) is 6.47. The average molecular weight is 274 g/mol. The predicted octanol–water partition coefficient (Wildman–Crippen LogP) is 2.64. The summed E-state index contributed by atoms with van der Waals surface area (Å²) >= 11 is 0. The third-order valence-corrected chi connectivity index (χ3v) is 4.30. The second-order valence-electron chi connectivity index (χ2n) is 6.10. The number of hydrogen-bond acceptors (Lipinski definition) is 2. The first-order chi connectivity index (χ1) is 9.65. The smallest absolute Gasteiger partial charge is 0.236 e. The van der Waals surface area contributed by atoms with Crippen molar-refractivity contribution < 1.29 is 4.79 Å². The minimum absolute atomic E-state index is 0.00306. The number of hydrogen-bond donors (Lipinski definition) is 2. The molecule has 3 heteroatoms. The van der Waals surface area contributed by atoms with Crippen LogP contribution in [-0.2, 0) is 11.2 Å². The van der Waals surface area contributed by atoms with E-state index in [-0.39, 0.29) is 5.91 Å². The summed E-state index contributed by atoms with van der Waals surface area (Å²) in [5, 5.41) is 3.04. The van der Waals surface area contributed by atoms with Crippen LogP contribution in [0.5, 0.6) is 0 Å². The molecule has 3 nitrogen and oxygen atoms in total. The van der Waals surface area contributed by atoms with E-state index in [1.54, 1.807) is 0 Å². The molecule has 0 radical (unpaired) electrons. The molecule has 0 saturated heterocycles. The Balaban J connectivity index is 1.70. The van der Waals surface area contributed by atoms with Gasteiger partial charge < -0.3 is 11.1 Å². The fraction of sp³-hybridized carbons (Fsp3) is 0.588. The first-order valence-electron chi connectivity index (χ1n) is 7.72. The van der Waals surface area contributed by atoms with E-state index in [1.165, 1.54) is 31.2 Å².